The van der Waals surface area contributed by atoms with Gasteiger partial charge in [-0.1, -0.05) is 0 Å². The van der Waals surface area contributed by atoms with E-state index in [4.69, 9.17) is 5.73 Å². The Bertz CT molecular complexity index is 632. The first kappa shape index (κ1) is 15.0. The molecule has 6 heteroatoms. The van der Waals surface area contributed by atoms with Gasteiger partial charge in [0.15, 0.2) is 0 Å². The van der Waals surface area contributed by atoms with E-state index >= 15 is 0 Å². The average Bonchev–Trinajstić information content (AvgIpc) is 2.79. The highest BCUT2D eigenvalue weighted by molar-refractivity contribution is 5.93. The summed E-state index contributed by atoms with van der Waals surface area (Å²) in [4.78, 5) is 12.0. The highest BCUT2D eigenvalue weighted by Crippen LogP contribution is 2.11. The molecular weight excluding hydrogens is 276 g/mol. The van der Waals surface area contributed by atoms with E-state index in [1.54, 1.807) is 16.8 Å². The van der Waals surface area contributed by atoms with Gasteiger partial charge in [0.05, 0.1) is 5.69 Å². The molecule has 3 N–H and O–H groups in total. The Balaban J connectivity index is 1.95. The summed E-state index contributed by atoms with van der Waals surface area (Å²) in [5, 5.41) is 2.71. The summed E-state index contributed by atoms with van der Waals surface area (Å²) in [5.41, 5.74) is 7.15. The molecule has 0 spiro atoms. The summed E-state index contributed by atoms with van der Waals surface area (Å²) in [6.45, 7) is 2.83. The van der Waals surface area contributed by atoms with E-state index < -0.39 is 11.6 Å². The van der Waals surface area contributed by atoms with Gasteiger partial charge in [-0.2, -0.15) is 0 Å². The second kappa shape index (κ2) is 6.39. The molecule has 0 unspecified atom stereocenters. The van der Waals surface area contributed by atoms with Gasteiger partial charge in [-0.15, -0.1) is 0 Å². The average molecular weight is 293 g/mol. The Kier molecular flexibility index (Phi) is 4.57. The maximum absolute atomic E-state index is 13.0. The quantitative estimate of drug-likeness (QED) is 0.889. The van der Waals surface area contributed by atoms with Crippen LogP contribution in [0, 0.1) is 11.6 Å². The molecule has 0 fully saturated rings. The SMILES string of the molecule is CCn1cc(N)cc1C(=O)NCCc1cc(F)cc(F)c1. The van der Waals surface area contributed by atoms with Gasteiger partial charge in [0, 0.05) is 25.4 Å². The van der Waals surface area contributed by atoms with Crippen LogP contribution in [0.1, 0.15) is 23.0 Å². The van der Waals surface area contributed by atoms with Crippen molar-refractivity contribution in [3.8, 4) is 0 Å². The van der Waals surface area contributed by atoms with Crippen molar-refractivity contribution in [2.75, 3.05) is 12.3 Å². The fourth-order valence-corrected chi connectivity index (χ4v) is 2.15. The fourth-order valence-electron chi connectivity index (χ4n) is 2.15. The van der Waals surface area contributed by atoms with Crippen molar-refractivity contribution in [2.24, 2.45) is 0 Å². The molecule has 1 aromatic heterocycles. The summed E-state index contributed by atoms with van der Waals surface area (Å²) in [7, 11) is 0. The van der Waals surface area contributed by atoms with Crippen molar-refractivity contribution in [1.82, 2.24) is 9.88 Å². The Labute approximate surface area is 121 Å². The van der Waals surface area contributed by atoms with Crippen molar-refractivity contribution in [1.29, 1.82) is 0 Å². The zero-order valence-corrected chi connectivity index (χ0v) is 11.7. The van der Waals surface area contributed by atoms with Gasteiger partial charge in [-0.05, 0) is 37.1 Å². The Morgan fingerprint density at radius 1 is 1.24 bits per heavy atom. The number of carbonyl (C=O) groups excluding carboxylic acids is 1. The summed E-state index contributed by atoms with van der Waals surface area (Å²) >= 11 is 0. The van der Waals surface area contributed by atoms with Crippen LogP contribution in [0.5, 0.6) is 0 Å². The van der Waals surface area contributed by atoms with Gasteiger partial charge >= 0.3 is 0 Å². The second-order valence-electron chi connectivity index (χ2n) is 4.73. The number of benzene rings is 1. The molecule has 1 aromatic carbocycles. The van der Waals surface area contributed by atoms with Crippen molar-refractivity contribution >= 4 is 11.6 Å². The van der Waals surface area contributed by atoms with Crippen LogP contribution in [0.4, 0.5) is 14.5 Å². The topological polar surface area (TPSA) is 60.0 Å². The first-order valence-corrected chi connectivity index (χ1v) is 6.68. The van der Waals surface area contributed by atoms with E-state index in [0.717, 1.165) is 6.07 Å². The molecule has 0 saturated heterocycles. The molecule has 0 aliphatic carbocycles. The van der Waals surface area contributed by atoms with E-state index in [1.165, 1.54) is 12.1 Å². The fraction of sp³-hybridized carbons (Fsp3) is 0.267. The molecule has 0 aliphatic rings. The van der Waals surface area contributed by atoms with Gasteiger partial charge in [-0.3, -0.25) is 4.79 Å². The van der Waals surface area contributed by atoms with Crippen molar-refractivity contribution < 1.29 is 13.6 Å². The third kappa shape index (κ3) is 3.81. The van der Waals surface area contributed by atoms with Gasteiger partial charge < -0.3 is 15.6 Å². The number of nitrogen functional groups attached to an aromatic ring is 1. The lowest BCUT2D eigenvalue weighted by Gasteiger charge is -2.08. The lowest BCUT2D eigenvalue weighted by atomic mass is 10.1. The lowest BCUT2D eigenvalue weighted by Crippen LogP contribution is -2.27. The third-order valence-corrected chi connectivity index (χ3v) is 3.11. The Morgan fingerprint density at radius 2 is 1.90 bits per heavy atom. The number of nitrogens with zero attached hydrogens (tertiary/aromatic N) is 1. The van der Waals surface area contributed by atoms with Crippen LogP contribution in [-0.4, -0.2) is 17.0 Å². The van der Waals surface area contributed by atoms with Gasteiger partial charge in [-0.25, -0.2) is 8.78 Å². The number of aromatic nitrogens is 1. The smallest absolute Gasteiger partial charge is 0.267 e. The van der Waals surface area contributed by atoms with Crippen molar-refractivity contribution in [3.05, 3.63) is 53.4 Å². The Morgan fingerprint density at radius 3 is 2.52 bits per heavy atom. The third-order valence-electron chi connectivity index (χ3n) is 3.11. The largest absolute Gasteiger partial charge is 0.397 e. The van der Waals surface area contributed by atoms with E-state index in [9.17, 15) is 13.6 Å². The first-order valence-electron chi connectivity index (χ1n) is 6.68. The monoisotopic (exact) mass is 293 g/mol. The molecule has 1 amide bonds. The van der Waals surface area contributed by atoms with Crippen LogP contribution in [0.3, 0.4) is 0 Å². The van der Waals surface area contributed by atoms with Crippen LogP contribution in [0.2, 0.25) is 0 Å². The zero-order chi connectivity index (χ0) is 15.4. The molecule has 112 valence electrons. The van der Waals surface area contributed by atoms with Gasteiger partial charge in [0.25, 0.3) is 5.91 Å². The molecule has 21 heavy (non-hydrogen) atoms. The molecular formula is C15H17F2N3O. The maximum atomic E-state index is 13.0. The number of halogens is 2. The summed E-state index contributed by atoms with van der Waals surface area (Å²) in [6, 6.07) is 4.92. The highest BCUT2D eigenvalue weighted by Gasteiger charge is 2.11. The maximum Gasteiger partial charge on any atom is 0.267 e. The zero-order valence-electron chi connectivity index (χ0n) is 11.7. The van der Waals surface area contributed by atoms with Crippen LogP contribution >= 0.6 is 0 Å². The molecule has 0 bridgehead atoms. The van der Waals surface area contributed by atoms with Crippen molar-refractivity contribution in [2.45, 2.75) is 19.9 Å². The normalized spacial score (nSPS) is 10.6. The minimum Gasteiger partial charge on any atom is -0.397 e. The number of hydrogen-bond acceptors (Lipinski definition) is 2. The molecule has 0 saturated carbocycles. The van der Waals surface area contributed by atoms with Crippen molar-refractivity contribution in [3.63, 3.8) is 0 Å². The Hall–Kier alpha value is -2.37. The first-order chi connectivity index (χ1) is 9.99. The summed E-state index contributed by atoms with van der Waals surface area (Å²) in [5.74, 6) is -1.50. The number of carbonyl (C=O) groups is 1. The van der Waals surface area contributed by atoms with Crippen LogP contribution in [0.15, 0.2) is 30.5 Å². The molecule has 2 aromatic rings. The number of nitrogens with one attached hydrogen (secondary N) is 1. The molecule has 0 radical (unpaired) electrons. The van der Waals surface area contributed by atoms with E-state index in [0.29, 0.717) is 29.9 Å². The van der Waals surface area contributed by atoms with Gasteiger partial charge in [0.1, 0.15) is 17.3 Å². The number of amides is 1. The molecule has 0 atom stereocenters. The minimum atomic E-state index is -0.621. The highest BCUT2D eigenvalue weighted by atomic mass is 19.1. The van der Waals surface area contributed by atoms with Crippen LogP contribution in [0.25, 0.3) is 0 Å². The van der Waals surface area contributed by atoms with Crippen LogP contribution in [-0.2, 0) is 13.0 Å². The predicted octanol–water partition coefficient (Wildman–Crippen LogP) is 2.34. The number of aryl methyl sites for hydroxylation is 1. The molecule has 2 rings (SSSR count). The number of hydrogen-bond donors (Lipinski definition) is 2. The van der Waals surface area contributed by atoms with E-state index in [-0.39, 0.29) is 12.5 Å². The molecule has 4 nitrogen and oxygen atoms in total. The summed E-state index contributed by atoms with van der Waals surface area (Å²) in [6.07, 6.45) is 2.04. The minimum absolute atomic E-state index is 0.259. The van der Waals surface area contributed by atoms with E-state index in [1.807, 2.05) is 6.92 Å². The summed E-state index contributed by atoms with van der Waals surface area (Å²) < 4.78 is 27.8. The predicted molar refractivity (Wildman–Crippen MR) is 76.9 cm³/mol. The van der Waals surface area contributed by atoms with Crippen LogP contribution < -0.4 is 11.1 Å². The standard InChI is InChI=1S/C15H17F2N3O/c1-2-20-9-13(18)8-14(20)15(21)19-4-3-10-5-11(16)7-12(17)6-10/h5-9H,2-4,18H2,1H3,(H,19,21). The second-order valence-corrected chi connectivity index (χ2v) is 4.73. The number of nitrogens with two attached hydrogens (primary N) is 1. The molecule has 0 aliphatic heterocycles. The number of rotatable bonds is 5. The lowest BCUT2D eigenvalue weighted by molar-refractivity contribution is 0.0945. The van der Waals surface area contributed by atoms with E-state index in [2.05, 4.69) is 5.32 Å². The number of anilines is 1. The molecule has 1 heterocycles. The van der Waals surface area contributed by atoms with Gasteiger partial charge in [0.2, 0.25) is 0 Å².